The molecular weight excluding hydrogens is 434 g/mol. The highest BCUT2D eigenvalue weighted by molar-refractivity contribution is 6.31. The number of Topliss-reactive ketones (excluding diaryl/α,β-unsaturated/α-hetero) is 1. The lowest BCUT2D eigenvalue weighted by Gasteiger charge is -2.30. The first-order valence-electron chi connectivity index (χ1n) is 10.5. The fraction of sp³-hybridized carbons (Fsp3) is 0.292. The number of halogens is 3. The highest BCUT2D eigenvalue weighted by Gasteiger charge is 2.23. The maximum absolute atomic E-state index is 14.3. The van der Waals surface area contributed by atoms with Crippen molar-refractivity contribution in [2.75, 3.05) is 18.0 Å². The van der Waals surface area contributed by atoms with Crippen LogP contribution in [0.5, 0.6) is 0 Å². The molecule has 2 heterocycles. The molecule has 4 rings (SSSR count). The van der Waals surface area contributed by atoms with E-state index < -0.39 is 11.6 Å². The van der Waals surface area contributed by atoms with Gasteiger partial charge in [0.25, 0.3) is 0 Å². The predicted octanol–water partition coefficient (Wildman–Crippen LogP) is 4.49. The number of carbonyl (C=O) groups excluding carboxylic acids is 1. The first-order chi connectivity index (χ1) is 15.5. The summed E-state index contributed by atoms with van der Waals surface area (Å²) in [4.78, 5) is 22.7. The van der Waals surface area contributed by atoms with E-state index in [0.29, 0.717) is 30.9 Å². The SMILES string of the molecule is NCC(=O)CCc1ccc(-c2cnc3c(n2)N(Cc2c(F)ccc(F)c2Cl)CCC3)cc1. The minimum Gasteiger partial charge on any atom is -0.351 e. The Morgan fingerprint density at radius 1 is 1.12 bits per heavy atom. The molecule has 0 unspecified atom stereocenters. The summed E-state index contributed by atoms with van der Waals surface area (Å²) in [6.07, 6.45) is 4.39. The molecule has 0 saturated heterocycles. The summed E-state index contributed by atoms with van der Waals surface area (Å²) >= 11 is 6.04. The van der Waals surface area contributed by atoms with Crippen molar-refractivity contribution in [1.82, 2.24) is 9.97 Å². The summed E-state index contributed by atoms with van der Waals surface area (Å²) in [6, 6.07) is 9.91. The van der Waals surface area contributed by atoms with Gasteiger partial charge in [0.1, 0.15) is 17.4 Å². The summed E-state index contributed by atoms with van der Waals surface area (Å²) in [7, 11) is 0. The number of carbonyl (C=O) groups is 1. The van der Waals surface area contributed by atoms with Gasteiger partial charge in [0.15, 0.2) is 5.82 Å². The maximum Gasteiger partial charge on any atom is 0.151 e. The Kier molecular flexibility index (Phi) is 6.77. The van der Waals surface area contributed by atoms with E-state index in [1.165, 1.54) is 0 Å². The van der Waals surface area contributed by atoms with E-state index in [-0.39, 0.29) is 29.5 Å². The van der Waals surface area contributed by atoms with Crippen LogP contribution in [0.1, 0.15) is 29.7 Å². The zero-order valence-electron chi connectivity index (χ0n) is 17.5. The molecule has 0 fully saturated rings. The molecule has 0 radical (unpaired) electrons. The van der Waals surface area contributed by atoms with E-state index in [2.05, 4.69) is 4.98 Å². The lowest BCUT2D eigenvalue weighted by atomic mass is 10.0. The fourth-order valence-electron chi connectivity index (χ4n) is 3.80. The van der Waals surface area contributed by atoms with Crippen molar-refractivity contribution in [3.8, 4) is 11.3 Å². The summed E-state index contributed by atoms with van der Waals surface area (Å²) < 4.78 is 28.2. The van der Waals surface area contributed by atoms with Gasteiger partial charge in [-0.25, -0.2) is 13.8 Å². The summed E-state index contributed by atoms with van der Waals surface area (Å²) in [6.45, 7) is 0.817. The Morgan fingerprint density at radius 2 is 1.88 bits per heavy atom. The molecular formula is C24H23ClF2N4O. The van der Waals surface area contributed by atoms with Gasteiger partial charge >= 0.3 is 0 Å². The maximum atomic E-state index is 14.3. The molecule has 0 bridgehead atoms. The van der Waals surface area contributed by atoms with Crippen molar-refractivity contribution >= 4 is 23.2 Å². The van der Waals surface area contributed by atoms with Crippen LogP contribution >= 0.6 is 11.6 Å². The van der Waals surface area contributed by atoms with Crippen molar-refractivity contribution in [2.24, 2.45) is 5.73 Å². The largest absolute Gasteiger partial charge is 0.351 e. The van der Waals surface area contributed by atoms with Crippen LogP contribution in [0.4, 0.5) is 14.6 Å². The van der Waals surface area contributed by atoms with Crippen LogP contribution in [0.3, 0.4) is 0 Å². The first kappa shape index (κ1) is 22.3. The normalized spacial score (nSPS) is 13.2. The van der Waals surface area contributed by atoms with Gasteiger partial charge < -0.3 is 10.6 Å². The molecule has 1 aliphatic heterocycles. The van der Waals surface area contributed by atoms with E-state index in [4.69, 9.17) is 22.3 Å². The molecule has 0 aliphatic carbocycles. The number of ketones is 1. The van der Waals surface area contributed by atoms with E-state index in [0.717, 1.165) is 41.8 Å². The lowest BCUT2D eigenvalue weighted by molar-refractivity contribution is -0.117. The average Bonchev–Trinajstić information content (AvgIpc) is 2.82. The molecule has 2 aromatic carbocycles. The molecule has 0 atom stereocenters. The van der Waals surface area contributed by atoms with Crippen LogP contribution in [0.25, 0.3) is 11.3 Å². The van der Waals surface area contributed by atoms with Gasteiger partial charge in [-0.2, -0.15) is 0 Å². The molecule has 0 spiro atoms. The second-order valence-electron chi connectivity index (χ2n) is 7.81. The Hall–Kier alpha value is -2.90. The minimum absolute atomic E-state index is 0.0320. The first-order valence-corrected chi connectivity index (χ1v) is 10.9. The molecule has 1 aromatic heterocycles. The number of nitrogens with two attached hydrogens (primary N) is 1. The molecule has 2 N–H and O–H groups in total. The Balaban J connectivity index is 1.58. The van der Waals surface area contributed by atoms with Crippen molar-refractivity contribution in [2.45, 2.75) is 32.2 Å². The van der Waals surface area contributed by atoms with Crippen LogP contribution in [-0.4, -0.2) is 28.8 Å². The minimum atomic E-state index is -0.645. The number of anilines is 1. The van der Waals surface area contributed by atoms with Gasteiger partial charge in [-0.15, -0.1) is 0 Å². The van der Waals surface area contributed by atoms with Crippen LogP contribution in [0.15, 0.2) is 42.6 Å². The number of benzene rings is 2. The van der Waals surface area contributed by atoms with Gasteiger partial charge in [0, 0.05) is 30.6 Å². The zero-order chi connectivity index (χ0) is 22.7. The van der Waals surface area contributed by atoms with E-state index in [9.17, 15) is 13.6 Å². The molecule has 5 nitrogen and oxygen atoms in total. The average molecular weight is 457 g/mol. The Bertz CT molecular complexity index is 1140. The number of aryl methyl sites for hydroxylation is 2. The molecule has 32 heavy (non-hydrogen) atoms. The number of rotatable bonds is 7. The number of hydrogen-bond donors (Lipinski definition) is 1. The molecule has 3 aromatic rings. The predicted molar refractivity (Wildman–Crippen MR) is 121 cm³/mol. The van der Waals surface area contributed by atoms with Crippen molar-refractivity contribution in [1.29, 1.82) is 0 Å². The Morgan fingerprint density at radius 3 is 2.62 bits per heavy atom. The van der Waals surface area contributed by atoms with E-state index in [1.54, 1.807) is 6.20 Å². The van der Waals surface area contributed by atoms with Crippen molar-refractivity contribution < 1.29 is 13.6 Å². The molecule has 0 saturated carbocycles. The molecule has 0 amide bonds. The third kappa shape index (κ3) is 4.79. The monoisotopic (exact) mass is 456 g/mol. The second kappa shape index (κ2) is 9.71. The van der Waals surface area contributed by atoms with Crippen molar-refractivity contribution in [3.05, 3.63) is 76.1 Å². The fourth-order valence-corrected chi connectivity index (χ4v) is 4.02. The quantitative estimate of drug-likeness (QED) is 0.530. The van der Waals surface area contributed by atoms with Crippen LogP contribution in [-0.2, 0) is 24.2 Å². The number of hydrogen-bond acceptors (Lipinski definition) is 5. The third-order valence-corrected chi connectivity index (χ3v) is 6.03. The zero-order valence-corrected chi connectivity index (χ0v) is 18.2. The third-order valence-electron chi connectivity index (χ3n) is 5.63. The van der Waals surface area contributed by atoms with Gasteiger partial charge in [0.05, 0.1) is 29.2 Å². The molecule has 166 valence electrons. The van der Waals surface area contributed by atoms with Crippen LogP contribution < -0.4 is 10.6 Å². The standard InChI is InChI=1S/C24H23ClF2N4O/c25-23-18(19(26)9-10-20(23)27)14-31-11-1-2-21-24(31)30-22(13-29-21)16-6-3-15(4-7-16)5-8-17(32)12-28/h3-4,6-7,9-10,13H,1-2,5,8,11-12,14,28H2. The number of nitrogens with zero attached hydrogens (tertiary/aromatic N) is 3. The van der Waals surface area contributed by atoms with Gasteiger partial charge in [-0.05, 0) is 37.0 Å². The lowest BCUT2D eigenvalue weighted by Crippen LogP contribution is -2.31. The topological polar surface area (TPSA) is 72.1 Å². The summed E-state index contributed by atoms with van der Waals surface area (Å²) in [5.74, 6) is -0.500. The van der Waals surface area contributed by atoms with E-state index >= 15 is 0 Å². The van der Waals surface area contributed by atoms with Gasteiger partial charge in [-0.3, -0.25) is 9.78 Å². The molecule has 1 aliphatic rings. The summed E-state index contributed by atoms with van der Waals surface area (Å²) in [5, 5.41) is -0.204. The van der Waals surface area contributed by atoms with E-state index in [1.807, 2.05) is 29.2 Å². The van der Waals surface area contributed by atoms with Crippen LogP contribution in [0.2, 0.25) is 5.02 Å². The Labute approximate surface area is 190 Å². The second-order valence-corrected chi connectivity index (χ2v) is 8.19. The summed E-state index contributed by atoms with van der Waals surface area (Å²) in [5.41, 5.74) is 8.91. The highest BCUT2D eigenvalue weighted by Crippen LogP contribution is 2.31. The van der Waals surface area contributed by atoms with Gasteiger partial charge in [0.2, 0.25) is 0 Å². The highest BCUT2D eigenvalue weighted by atomic mass is 35.5. The van der Waals surface area contributed by atoms with Crippen LogP contribution in [0, 0.1) is 11.6 Å². The number of fused-ring (bicyclic) bond motifs is 1. The van der Waals surface area contributed by atoms with Crippen molar-refractivity contribution in [3.63, 3.8) is 0 Å². The van der Waals surface area contributed by atoms with Gasteiger partial charge in [-0.1, -0.05) is 35.9 Å². The molecule has 8 heteroatoms. The smallest absolute Gasteiger partial charge is 0.151 e. The number of aromatic nitrogens is 2.